The van der Waals surface area contributed by atoms with E-state index in [1.807, 2.05) is 0 Å². The zero-order valence-corrected chi connectivity index (χ0v) is 11.3. The predicted molar refractivity (Wildman–Crippen MR) is 72.2 cm³/mol. The van der Waals surface area contributed by atoms with E-state index in [1.165, 1.54) is 0 Å². The van der Waals surface area contributed by atoms with E-state index in [9.17, 15) is 9.90 Å². The van der Waals surface area contributed by atoms with E-state index in [1.54, 1.807) is 18.2 Å². The second-order valence-corrected chi connectivity index (χ2v) is 5.46. The second-order valence-electron chi connectivity index (χ2n) is 4.59. The Hall–Kier alpha value is -0.770. The van der Waals surface area contributed by atoms with Crippen LogP contribution in [0.4, 0.5) is 0 Å². The molecule has 1 aromatic rings. The molecule has 1 aliphatic carbocycles. The molecule has 1 aliphatic rings. The number of carbonyl (C=O) groups excluding carboxylic acids is 1. The number of amides is 1. The van der Waals surface area contributed by atoms with Crippen molar-refractivity contribution in [2.75, 3.05) is 0 Å². The second kappa shape index (κ2) is 5.91. The van der Waals surface area contributed by atoms with Crippen molar-refractivity contribution in [2.24, 2.45) is 0 Å². The molecule has 1 aromatic carbocycles. The first-order valence-corrected chi connectivity index (χ1v) is 6.77. The summed E-state index contributed by atoms with van der Waals surface area (Å²) in [6, 6.07) is 4.54. The van der Waals surface area contributed by atoms with E-state index in [-0.39, 0.29) is 11.9 Å². The van der Waals surface area contributed by atoms with E-state index in [2.05, 4.69) is 5.32 Å². The van der Waals surface area contributed by atoms with Crippen LogP contribution in [0.1, 0.15) is 36.0 Å². The van der Waals surface area contributed by atoms with E-state index in [4.69, 9.17) is 23.2 Å². The lowest BCUT2D eigenvalue weighted by Crippen LogP contribution is -2.45. The Kier molecular flexibility index (Phi) is 4.49. The van der Waals surface area contributed by atoms with Crippen LogP contribution in [0.5, 0.6) is 0 Å². The molecule has 0 bridgehead atoms. The summed E-state index contributed by atoms with van der Waals surface area (Å²) in [6.45, 7) is 0. The van der Waals surface area contributed by atoms with Gasteiger partial charge in [0.15, 0.2) is 0 Å². The third-order valence-electron chi connectivity index (χ3n) is 3.17. The average molecular weight is 288 g/mol. The van der Waals surface area contributed by atoms with Crippen molar-refractivity contribution in [1.82, 2.24) is 5.32 Å². The lowest BCUT2D eigenvalue weighted by Gasteiger charge is -2.28. The van der Waals surface area contributed by atoms with Crippen LogP contribution >= 0.6 is 23.2 Å². The van der Waals surface area contributed by atoms with Gasteiger partial charge in [-0.05, 0) is 31.0 Å². The van der Waals surface area contributed by atoms with Crippen LogP contribution in [0.3, 0.4) is 0 Å². The van der Waals surface area contributed by atoms with Crippen LogP contribution in [0.15, 0.2) is 18.2 Å². The summed E-state index contributed by atoms with van der Waals surface area (Å²) in [5, 5.41) is 13.5. The molecule has 0 aliphatic heterocycles. The summed E-state index contributed by atoms with van der Waals surface area (Å²) >= 11 is 11.7. The van der Waals surface area contributed by atoms with Crippen molar-refractivity contribution >= 4 is 29.1 Å². The summed E-state index contributed by atoms with van der Waals surface area (Å²) in [5.41, 5.74) is 0.422. The minimum absolute atomic E-state index is 0.177. The predicted octanol–water partition coefficient (Wildman–Crippen LogP) is 3.03. The van der Waals surface area contributed by atoms with Crippen molar-refractivity contribution in [3.05, 3.63) is 33.8 Å². The van der Waals surface area contributed by atoms with Crippen LogP contribution in [0.2, 0.25) is 10.0 Å². The van der Waals surface area contributed by atoms with Gasteiger partial charge in [0.2, 0.25) is 0 Å². The third-order valence-corrected chi connectivity index (χ3v) is 3.61. The summed E-state index contributed by atoms with van der Waals surface area (Å²) in [4.78, 5) is 12.0. The summed E-state index contributed by atoms with van der Waals surface area (Å²) < 4.78 is 0. The molecule has 2 atom stereocenters. The van der Waals surface area contributed by atoms with E-state index in [0.717, 1.165) is 25.7 Å². The Morgan fingerprint density at radius 2 is 1.78 bits per heavy atom. The van der Waals surface area contributed by atoms with Gasteiger partial charge in [-0.3, -0.25) is 4.79 Å². The molecule has 98 valence electrons. The van der Waals surface area contributed by atoms with Crippen molar-refractivity contribution in [3.63, 3.8) is 0 Å². The first-order chi connectivity index (χ1) is 8.56. The minimum Gasteiger partial charge on any atom is -0.391 e. The van der Waals surface area contributed by atoms with Crippen LogP contribution in [-0.4, -0.2) is 23.2 Å². The number of hydrogen-bond donors (Lipinski definition) is 2. The molecule has 3 nitrogen and oxygen atoms in total. The van der Waals surface area contributed by atoms with Gasteiger partial charge in [-0.1, -0.05) is 36.0 Å². The average Bonchev–Trinajstić information content (AvgIpc) is 2.31. The highest BCUT2D eigenvalue weighted by Gasteiger charge is 2.24. The Labute approximate surface area is 116 Å². The minimum atomic E-state index is -0.461. The van der Waals surface area contributed by atoms with Gasteiger partial charge < -0.3 is 10.4 Å². The fraction of sp³-hybridized carbons (Fsp3) is 0.462. The monoisotopic (exact) mass is 287 g/mol. The normalized spacial score (nSPS) is 23.7. The van der Waals surface area contributed by atoms with Gasteiger partial charge in [0.25, 0.3) is 5.91 Å². The Morgan fingerprint density at radius 1 is 1.17 bits per heavy atom. The molecule has 18 heavy (non-hydrogen) atoms. The third kappa shape index (κ3) is 3.37. The highest BCUT2D eigenvalue weighted by molar-refractivity contribution is 6.35. The zero-order chi connectivity index (χ0) is 13.1. The summed E-state index contributed by atoms with van der Waals surface area (Å²) in [6.07, 6.45) is 3.12. The quantitative estimate of drug-likeness (QED) is 0.878. The van der Waals surface area contributed by atoms with Crippen LogP contribution in [0, 0.1) is 0 Å². The molecule has 1 saturated carbocycles. The summed E-state index contributed by atoms with van der Waals surface area (Å²) in [7, 11) is 0. The number of aliphatic hydroxyl groups is 1. The van der Waals surface area contributed by atoms with Gasteiger partial charge in [-0.2, -0.15) is 0 Å². The van der Waals surface area contributed by atoms with Gasteiger partial charge in [-0.25, -0.2) is 0 Å². The molecule has 0 saturated heterocycles. The Bertz CT molecular complexity index is 430. The lowest BCUT2D eigenvalue weighted by atomic mass is 9.92. The molecule has 2 rings (SSSR count). The standard InChI is InChI=1S/C13H15Cl2NO2/c14-9-5-8(6-10(15)7-9)13(18)16-11-3-1-2-4-12(11)17/h5-7,11-12,17H,1-4H2,(H,16,18)/t11-,12-/m0/s1. The van der Waals surface area contributed by atoms with Crippen molar-refractivity contribution in [2.45, 2.75) is 37.8 Å². The molecule has 5 heteroatoms. The van der Waals surface area contributed by atoms with Crippen LogP contribution in [0.25, 0.3) is 0 Å². The topological polar surface area (TPSA) is 49.3 Å². The maximum Gasteiger partial charge on any atom is 0.251 e. The van der Waals surface area contributed by atoms with Gasteiger partial charge in [0, 0.05) is 15.6 Å². The van der Waals surface area contributed by atoms with E-state index < -0.39 is 6.10 Å². The molecule has 0 spiro atoms. The van der Waals surface area contributed by atoms with Gasteiger partial charge in [0.05, 0.1) is 12.1 Å². The van der Waals surface area contributed by atoms with Crippen LogP contribution in [-0.2, 0) is 0 Å². The highest BCUT2D eigenvalue weighted by Crippen LogP contribution is 2.21. The van der Waals surface area contributed by atoms with E-state index >= 15 is 0 Å². The van der Waals surface area contributed by atoms with Gasteiger partial charge in [0.1, 0.15) is 0 Å². The Morgan fingerprint density at radius 3 is 2.39 bits per heavy atom. The first-order valence-electron chi connectivity index (χ1n) is 6.01. The van der Waals surface area contributed by atoms with Gasteiger partial charge in [-0.15, -0.1) is 0 Å². The molecule has 2 N–H and O–H groups in total. The molecule has 1 amide bonds. The van der Waals surface area contributed by atoms with Crippen molar-refractivity contribution in [1.29, 1.82) is 0 Å². The SMILES string of the molecule is O=C(N[C@H]1CCCC[C@@H]1O)c1cc(Cl)cc(Cl)c1. The number of nitrogens with one attached hydrogen (secondary N) is 1. The molecule has 0 aromatic heterocycles. The fourth-order valence-electron chi connectivity index (χ4n) is 2.22. The molecular weight excluding hydrogens is 273 g/mol. The Balaban J connectivity index is 2.06. The number of halogens is 2. The molecule has 1 fully saturated rings. The van der Waals surface area contributed by atoms with E-state index in [0.29, 0.717) is 15.6 Å². The highest BCUT2D eigenvalue weighted by atomic mass is 35.5. The molecule has 0 radical (unpaired) electrons. The van der Waals surface area contributed by atoms with Crippen molar-refractivity contribution in [3.8, 4) is 0 Å². The maximum absolute atomic E-state index is 12.0. The van der Waals surface area contributed by atoms with Crippen molar-refractivity contribution < 1.29 is 9.90 Å². The number of carbonyl (C=O) groups is 1. The molecule has 0 unspecified atom stereocenters. The molecular formula is C13H15Cl2NO2. The van der Waals surface area contributed by atoms with Crippen LogP contribution < -0.4 is 5.32 Å². The molecule has 0 heterocycles. The largest absolute Gasteiger partial charge is 0.391 e. The maximum atomic E-state index is 12.0. The smallest absolute Gasteiger partial charge is 0.251 e. The van der Waals surface area contributed by atoms with Gasteiger partial charge >= 0.3 is 0 Å². The number of rotatable bonds is 2. The lowest BCUT2D eigenvalue weighted by molar-refractivity contribution is 0.0717. The first kappa shape index (κ1) is 13.7. The number of aliphatic hydroxyl groups excluding tert-OH is 1. The fourth-order valence-corrected chi connectivity index (χ4v) is 2.74. The number of benzene rings is 1. The zero-order valence-electron chi connectivity index (χ0n) is 9.83. The number of hydrogen-bond acceptors (Lipinski definition) is 2. The summed E-state index contributed by atoms with van der Waals surface area (Å²) in [5.74, 6) is -0.245.